The molecule has 1 fully saturated rings. The SMILES string of the molecule is O=C(O)c1cc(NC2CCOCC2)c([N+](=O)[O-])cc1F. The molecule has 0 aromatic heterocycles. The number of nitro benzene ring substituents is 1. The summed E-state index contributed by atoms with van der Waals surface area (Å²) in [6, 6.07) is 1.53. The number of rotatable bonds is 4. The Labute approximate surface area is 113 Å². The molecule has 1 aliphatic heterocycles. The van der Waals surface area contributed by atoms with Gasteiger partial charge in [-0.15, -0.1) is 0 Å². The number of carbonyl (C=O) groups is 1. The molecule has 20 heavy (non-hydrogen) atoms. The van der Waals surface area contributed by atoms with E-state index < -0.39 is 28.0 Å². The van der Waals surface area contributed by atoms with E-state index >= 15 is 0 Å². The highest BCUT2D eigenvalue weighted by Crippen LogP contribution is 2.29. The number of carboxylic acids is 1. The lowest BCUT2D eigenvalue weighted by molar-refractivity contribution is -0.384. The van der Waals surface area contributed by atoms with Crippen LogP contribution in [0.5, 0.6) is 0 Å². The van der Waals surface area contributed by atoms with E-state index in [2.05, 4.69) is 5.32 Å². The Morgan fingerprint density at radius 2 is 2.10 bits per heavy atom. The van der Waals surface area contributed by atoms with Gasteiger partial charge in [-0.3, -0.25) is 10.1 Å². The third kappa shape index (κ3) is 3.02. The van der Waals surface area contributed by atoms with Gasteiger partial charge in [0.25, 0.3) is 5.69 Å². The topological polar surface area (TPSA) is 102 Å². The molecule has 0 amide bonds. The summed E-state index contributed by atoms with van der Waals surface area (Å²) in [4.78, 5) is 21.1. The van der Waals surface area contributed by atoms with Gasteiger partial charge in [0.1, 0.15) is 11.5 Å². The smallest absolute Gasteiger partial charge is 0.338 e. The summed E-state index contributed by atoms with van der Waals surface area (Å²) < 4.78 is 18.7. The summed E-state index contributed by atoms with van der Waals surface area (Å²) in [5.74, 6) is -2.59. The van der Waals surface area contributed by atoms with Gasteiger partial charge in [0.15, 0.2) is 0 Å². The van der Waals surface area contributed by atoms with E-state index in [1.54, 1.807) is 0 Å². The van der Waals surface area contributed by atoms with Crippen LogP contribution in [0.25, 0.3) is 0 Å². The highest BCUT2D eigenvalue weighted by molar-refractivity contribution is 5.90. The van der Waals surface area contributed by atoms with Crippen LogP contribution in [0.3, 0.4) is 0 Å². The predicted molar refractivity (Wildman–Crippen MR) is 67.5 cm³/mol. The molecule has 1 heterocycles. The van der Waals surface area contributed by atoms with Gasteiger partial charge in [0, 0.05) is 19.3 Å². The van der Waals surface area contributed by atoms with Crippen molar-refractivity contribution in [2.24, 2.45) is 0 Å². The quantitative estimate of drug-likeness (QED) is 0.648. The van der Waals surface area contributed by atoms with Crippen molar-refractivity contribution in [1.82, 2.24) is 0 Å². The Hall–Kier alpha value is -2.22. The van der Waals surface area contributed by atoms with Gasteiger partial charge >= 0.3 is 5.97 Å². The molecule has 0 saturated carbocycles. The molecule has 0 aliphatic carbocycles. The summed E-state index contributed by atoms with van der Waals surface area (Å²) in [7, 11) is 0. The second kappa shape index (κ2) is 5.83. The Morgan fingerprint density at radius 3 is 2.65 bits per heavy atom. The normalized spacial score (nSPS) is 15.8. The molecule has 0 atom stereocenters. The lowest BCUT2D eigenvalue weighted by Crippen LogP contribution is -2.28. The fourth-order valence-corrected chi connectivity index (χ4v) is 2.06. The van der Waals surface area contributed by atoms with Crippen molar-refractivity contribution in [3.8, 4) is 0 Å². The van der Waals surface area contributed by atoms with E-state index in [-0.39, 0.29) is 11.7 Å². The van der Waals surface area contributed by atoms with Gasteiger partial charge in [-0.25, -0.2) is 9.18 Å². The second-order valence-corrected chi connectivity index (χ2v) is 4.44. The lowest BCUT2D eigenvalue weighted by Gasteiger charge is -2.24. The van der Waals surface area contributed by atoms with Crippen LogP contribution in [0.1, 0.15) is 23.2 Å². The summed E-state index contributed by atoms with van der Waals surface area (Å²) in [6.07, 6.45) is 1.30. The Bertz CT molecular complexity index is 543. The van der Waals surface area contributed by atoms with Crippen molar-refractivity contribution in [3.63, 3.8) is 0 Å². The minimum Gasteiger partial charge on any atom is -0.478 e. The van der Waals surface area contributed by atoms with E-state index in [0.29, 0.717) is 32.1 Å². The van der Waals surface area contributed by atoms with Crippen molar-refractivity contribution in [1.29, 1.82) is 0 Å². The molecule has 2 N–H and O–H groups in total. The fraction of sp³-hybridized carbons (Fsp3) is 0.417. The van der Waals surface area contributed by atoms with Crippen molar-refractivity contribution < 1.29 is 24.0 Å². The number of aromatic carboxylic acids is 1. The molecular formula is C12H13FN2O5. The highest BCUT2D eigenvalue weighted by Gasteiger charge is 2.24. The number of nitro groups is 1. The molecule has 7 nitrogen and oxygen atoms in total. The zero-order valence-electron chi connectivity index (χ0n) is 10.5. The summed E-state index contributed by atoms with van der Waals surface area (Å²) in [6.45, 7) is 1.05. The number of anilines is 1. The molecule has 8 heteroatoms. The molecule has 1 saturated heterocycles. The largest absolute Gasteiger partial charge is 0.478 e. The third-order valence-electron chi connectivity index (χ3n) is 3.09. The zero-order valence-corrected chi connectivity index (χ0v) is 10.5. The Kier molecular flexibility index (Phi) is 4.14. The van der Waals surface area contributed by atoms with E-state index in [4.69, 9.17) is 9.84 Å². The van der Waals surface area contributed by atoms with Gasteiger partial charge in [0.05, 0.1) is 16.6 Å². The number of hydrogen-bond donors (Lipinski definition) is 2. The van der Waals surface area contributed by atoms with E-state index in [1.165, 1.54) is 0 Å². The van der Waals surface area contributed by atoms with Crippen LogP contribution in [0.4, 0.5) is 15.8 Å². The Morgan fingerprint density at radius 1 is 1.45 bits per heavy atom. The van der Waals surface area contributed by atoms with E-state index in [0.717, 1.165) is 6.07 Å². The summed E-state index contributed by atoms with van der Waals surface area (Å²) in [5, 5.41) is 22.7. The van der Waals surface area contributed by atoms with E-state index in [1.807, 2.05) is 0 Å². The zero-order chi connectivity index (χ0) is 14.7. The van der Waals surface area contributed by atoms with Crippen molar-refractivity contribution in [2.45, 2.75) is 18.9 Å². The third-order valence-corrected chi connectivity index (χ3v) is 3.09. The van der Waals surface area contributed by atoms with Crippen LogP contribution in [-0.4, -0.2) is 35.3 Å². The average Bonchev–Trinajstić information content (AvgIpc) is 2.41. The molecule has 0 bridgehead atoms. The maximum Gasteiger partial charge on any atom is 0.338 e. The molecule has 0 spiro atoms. The van der Waals surface area contributed by atoms with Crippen molar-refractivity contribution in [3.05, 3.63) is 33.6 Å². The number of nitrogens with one attached hydrogen (secondary N) is 1. The number of nitrogens with zero attached hydrogens (tertiary/aromatic N) is 1. The minimum atomic E-state index is -1.47. The molecule has 0 unspecified atom stereocenters. The number of carboxylic acid groups (broad SMARTS) is 1. The molecule has 1 aromatic carbocycles. The minimum absolute atomic E-state index is 0.0145. The maximum absolute atomic E-state index is 13.5. The van der Waals surface area contributed by atoms with Crippen molar-refractivity contribution >= 4 is 17.3 Å². The molecule has 108 valence electrons. The van der Waals surface area contributed by atoms with Crippen molar-refractivity contribution in [2.75, 3.05) is 18.5 Å². The van der Waals surface area contributed by atoms with Crippen LogP contribution in [0.2, 0.25) is 0 Å². The first-order valence-electron chi connectivity index (χ1n) is 6.04. The van der Waals surface area contributed by atoms with Gasteiger partial charge < -0.3 is 15.2 Å². The first-order chi connectivity index (χ1) is 9.49. The monoisotopic (exact) mass is 284 g/mol. The number of hydrogen-bond acceptors (Lipinski definition) is 5. The van der Waals surface area contributed by atoms with Crippen LogP contribution >= 0.6 is 0 Å². The van der Waals surface area contributed by atoms with E-state index in [9.17, 15) is 19.3 Å². The Balaban J connectivity index is 2.34. The molecule has 2 rings (SSSR count). The average molecular weight is 284 g/mol. The number of benzene rings is 1. The molecule has 1 aliphatic rings. The highest BCUT2D eigenvalue weighted by atomic mass is 19.1. The van der Waals surface area contributed by atoms with Gasteiger partial charge in [0.2, 0.25) is 0 Å². The molecular weight excluding hydrogens is 271 g/mol. The standard InChI is InChI=1S/C12H13FN2O5/c13-9-6-11(15(18)19)10(5-8(9)12(16)17)14-7-1-3-20-4-2-7/h5-7,14H,1-4H2,(H,16,17). The molecule has 1 aromatic rings. The van der Waals surface area contributed by atoms with Crippen LogP contribution < -0.4 is 5.32 Å². The van der Waals surface area contributed by atoms with Crippen LogP contribution in [0, 0.1) is 15.9 Å². The van der Waals surface area contributed by atoms with Gasteiger partial charge in [-0.05, 0) is 18.9 Å². The van der Waals surface area contributed by atoms with Gasteiger partial charge in [-0.2, -0.15) is 0 Å². The first-order valence-corrected chi connectivity index (χ1v) is 6.04. The number of halogens is 1. The fourth-order valence-electron chi connectivity index (χ4n) is 2.06. The summed E-state index contributed by atoms with van der Waals surface area (Å²) in [5.41, 5.74) is -1.05. The predicted octanol–water partition coefficient (Wildman–Crippen LogP) is 2.02. The summed E-state index contributed by atoms with van der Waals surface area (Å²) >= 11 is 0. The molecule has 0 radical (unpaired) electrons. The van der Waals surface area contributed by atoms with Crippen LogP contribution in [-0.2, 0) is 4.74 Å². The number of ether oxygens (including phenoxy) is 1. The van der Waals surface area contributed by atoms with Gasteiger partial charge in [-0.1, -0.05) is 0 Å². The first kappa shape index (κ1) is 14.2. The van der Waals surface area contributed by atoms with Crippen LogP contribution in [0.15, 0.2) is 12.1 Å². The lowest BCUT2D eigenvalue weighted by atomic mass is 10.1. The maximum atomic E-state index is 13.5. The second-order valence-electron chi connectivity index (χ2n) is 4.44.